The molecule has 0 fully saturated rings. The average Bonchev–Trinajstić information content (AvgIpc) is 2.93. The molecule has 1 aromatic carbocycles. The number of hydrogen-bond donors (Lipinski definition) is 1. The molecule has 0 spiro atoms. The summed E-state index contributed by atoms with van der Waals surface area (Å²) in [4.78, 5) is 7.82. The van der Waals surface area contributed by atoms with Crippen molar-refractivity contribution in [1.29, 1.82) is 0 Å². The van der Waals surface area contributed by atoms with Gasteiger partial charge in [-0.2, -0.15) is 0 Å². The first-order valence-electron chi connectivity index (χ1n) is 8.29. The molecule has 4 heteroatoms. The quantitative estimate of drug-likeness (QED) is 0.737. The SMILES string of the molecule is Cc1ccc(CC(O)c2c(CCN(C)C)sc3ccccc23)cn1. The lowest BCUT2D eigenvalue weighted by molar-refractivity contribution is 0.179. The van der Waals surface area contributed by atoms with Crippen LogP contribution in [0.2, 0.25) is 0 Å². The highest BCUT2D eigenvalue weighted by atomic mass is 32.1. The van der Waals surface area contributed by atoms with Crippen LogP contribution in [0.1, 0.15) is 27.8 Å². The van der Waals surface area contributed by atoms with Crippen LogP contribution in [0, 0.1) is 6.92 Å². The van der Waals surface area contributed by atoms with Crippen molar-refractivity contribution in [2.75, 3.05) is 20.6 Å². The number of rotatable bonds is 6. The summed E-state index contributed by atoms with van der Waals surface area (Å²) in [7, 11) is 4.17. The summed E-state index contributed by atoms with van der Waals surface area (Å²) in [6.45, 7) is 2.96. The number of aliphatic hydroxyl groups excluding tert-OH is 1. The van der Waals surface area contributed by atoms with Crippen LogP contribution in [0.3, 0.4) is 0 Å². The predicted octanol–water partition coefficient (Wildman–Crippen LogP) is 3.98. The van der Waals surface area contributed by atoms with Crippen LogP contribution in [0.25, 0.3) is 10.1 Å². The van der Waals surface area contributed by atoms with Crippen LogP contribution in [0.15, 0.2) is 42.6 Å². The normalized spacial score (nSPS) is 12.9. The van der Waals surface area contributed by atoms with E-state index in [0.29, 0.717) is 6.42 Å². The average molecular weight is 340 g/mol. The Bertz CT molecular complexity index is 808. The second kappa shape index (κ2) is 7.43. The van der Waals surface area contributed by atoms with Gasteiger partial charge in [0, 0.05) is 40.0 Å². The molecule has 0 saturated carbocycles. The molecule has 0 saturated heterocycles. The van der Waals surface area contributed by atoms with Gasteiger partial charge in [-0.05, 0) is 50.5 Å². The van der Waals surface area contributed by atoms with E-state index in [0.717, 1.165) is 29.8 Å². The minimum atomic E-state index is -0.497. The Balaban J connectivity index is 1.92. The number of likely N-dealkylation sites (N-methyl/N-ethyl adjacent to an activating group) is 1. The minimum Gasteiger partial charge on any atom is -0.388 e. The van der Waals surface area contributed by atoms with E-state index in [9.17, 15) is 5.11 Å². The van der Waals surface area contributed by atoms with Crippen LogP contribution in [-0.2, 0) is 12.8 Å². The lowest BCUT2D eigenvalue weighted by Crippen LogP contribution is -2.15. The van der Waals surface area contributed by atoms with Gasteiger partial charge < -0.3 is 10.0 Å². The zero-order valence-corrected chi connectivity index (χ0v) is 15.3. The number of aromatic nitrogens is 1. The lowest BCUT2D eigenvalue weighted by atomic mass is 9.98. The zero-order valence-electron chi connectivity index (χ0n) is 14.5. The summed E-state index contributed by atoms with van der Waals surface area (Å²) < 4.78 is 1.25. The number of aliphatic hydroxyl groups is 1. The van der Waals surface area contributed by atoms with Gasteiger partial charge in [-0.3, -0.25) is 4.98 Å². The topological polar surface area (TPSA) is 36.4 Å². The van der Waals surface area contributed by atoms with E-state index in [1.54, 1.807) is 11.3 Å². The van der Waals surface area contributed by atoms with Gasteiger partial charge in [0.1, 0.15) is 0 Å². The van der Waals surface area contributed by atoms with Crippen molar-refractivity contribution < 1.29 is 5.11 Å². The van der Waals surface area contributed by atoms with Crippen molar-refractivity contribution in [2.24, 2.45) is 0 Å². The maximum absolute atomic E-state index is 10.9. The van der Waals surface area contributed by atoms with E-state index < -0.39 is 6.10 Å². The third-order valence-corrected chi connectivity index (χ3v) is 5.48. The van der Waals surface area contributed by atoms with Crippen LogP contribution < -0.4 is 0 Å². The van der Waals surface area contributed by atoms with Gasteiger partial charge in [0.25, 0.3) is 0 Å². The smallest absolute Gasteiger partial charge is 0.0847 e. The molecule has 1 unspecified atom stereocenters. The van der Waals surface area contributed by atoms with Gasteiger partial charge in [-0.25, -0.2) is 0 Å². The highest BCUT2D eigenvalue weighted by molar-refractivity contribution is 7.19. The highest BCUT2D eigenvalue weighted by Gasteiger charge is 2.19. The molecule has 0 aliphatic rings. The summed E-state index contributed by atoms with van der Waals surface area (Å²) in [5.74, 6) is 0. The Labute approximate surface area is 147 Å². The van der Waals surface area contributed by atoms with Crippen molar-refractivity contribution in [3.8, 4) is 0 Å². The van der Waals surface area contributed by atoms with Crippen molar-refractivity contribution in [3.63, 3.8) is 0 Å². The maximum atomic E-state index is 10.9. The number of nitrogens with zero attached hydrogens (tertiary/aromatic N) is 2. The van der Waals surface area contributed by atoms with Crippen molar-refractivity contribution in [1.82, 2.24) is 9.88 Å². The first kappa shape index (κ1) is 17.1. The predicted molar refractivity (Wildman–Crippen MR) is 102 cm³/mol. The first-order chi connectivity index (χ1) is 11.5. The van der Waals surface area contributed by atoms with Gasteiger partial charge in [0.05, 0.1) is 6.10 Å². The van der Waals surface area contributed by atoms with Crippen molar-refractivity contribution >= 4 is 21.4 Å². The molecule has 0 amide bonds. The fourth-order valence-electron chi connectivity index (χ4n) is 2.94. The van der Waals surface area contributed by atoms with E-state index in [4.69, 9.17) is 0 Å². The van der Waals surface area contributed by atoms with E-state index in [1.807, 2.05) is 19.2 Å². The Hall–Kier alpha value is -1.75. The molecule has 0 aliphatic heterocycles. The molecule has 3 aromatic rings. The fourth-order valence-corrected chi connectivity index (χ4v) is 4.19. The molecule has 0 radical (unpaired) electrons. The van der Waals surface area contributed by atoms with Gasteiger partial charge in [-0.1, -0.05) is 24.3 Å². The molecule has 1 atom stereocenters. The number of hydrogen-bond acceptors (Lipinski definition) is 4. The largest absolute Gasteiger partial charge is 0.388 e. The fraction of sp³-hybridized carbons (Fsp3) is 0.350. The third-order valence-electron chi connectivity index (χ3n) is 4.23. The third kappa shape index (κ3) is 3.83. The van der Waals surface area contributed by atoms with Crippen LogP contribution in [0.4, 0.5) is 0 Å². The molecule has 1 N–H and O–H groups in total. The molecule has 0 aliphatic carbocycles. The lowest BCUT2D eigenvalue weighted by Gasteiger charge is -2.15. The van der Waals surface area contributed by atoms with Gasteiger partial charge >= 0.3 is 0 Å². The Morgan fingerprint density at radius 2 is 1.96 bits per heavy atom. The number of aryl methyl sites for hydroxylation is 1. The molecule has 24 heavy (non-hydrogen) atoms. The Morgan fingerprint density at radius 1 is 1.17 bits per heavy atom. The molecular weight excluding hydrogens is 316 g/mol. The van der Waals surface area contributed by atoms with E-state index in [-0.39, 0.29) is 0 Å². The standard InChI is InChI=1S/C20H24N2OS/c1-14-8-9-15(13-21-14)12-17(23)20-16-6-4-5-7-18(16)24-19(20)10-11-22(2)3/h4-9,13,17,23H,10-12H2,1-3H3. The molecule has 3 rings (SSSR count). The number of pyridine rings is 1. The monoisotopic (exact) mass is 340 g/mol. The Morgan fingerprint density at radius 3 is 2.67 bits per heavy atom. The van der Waals surface area contributed by atoms with E-state index in [1.165, 1.54) is 15.0 Å². The van der Waals surface area contributed by atoms with E-state index in [2.05, 4.69) is 54.3 Å². The van der Waals surface area contributed by atoms with Gasteiger partial charge in [0.15, 0.2) is 0 Å². The molecule has 0 bridgehead atoms. The summed E-state index contributed by atoms with van der Waals surface area (Å²) in [5.41, 5.74) is 3.17. The molecule has 3 nitrogen and oxygen atoms in total. The first-order valence-corrected chi connectivity index (χ1v) is 9.11. The molecule has 2 aromatic heterocycles. The molecular formula is C20H24N2OS. The van der Waals surface area contributed by atoms with Gasteiger partial charge in [0.2, 0.25) is 0 Å². The summed E-state index contributed by atoms with van der Waals surface area (Å²) >= 11 is 1.80. The summed E-state index contributed by atoms with van der Waals surface area (Å²) in [6.07, 6.45) is 2.93. The Kier molecular flexibility index (Phi) is 5.29. The molecule has 2 heterocycles. The number of thiophene rings is 1. The molecule has 126 valence electrons. The van der Waals surface area contributed by atoms with Crippen LogP contribution >= 0.6 is 11.3 Å². The van der Waals surface area contributed by atoms with Gasteiger partial charge in [-0.15, -0.1) is 11.3 Å². The van der Waals surface area contributed by atoms with E-state index >= 15 is 0 Å². The second-order valence-corrected chi connectivity index (χ2v) is 7.65. The van der Waals surface area contributed by atoms with Crippen LogP contribution in [0.5, 0.6) is 0 Å². The number of fused-ring (bicyclic) bond motifs is 1. The summed E-state index contributed by atoms with van der Waals surface area (Å²) in [6, 6.07) is 12.4. The van der Waals surface area contributed by atoms with Crippen LogP contribution in [-0.4, -0.2) is 35.6 Å². The van der Waals surface area contributed by atoms with Crippen molar-refractivity contribution in [3.05, 3.63) is 64.3 Å². The highest BCUT2D eigenvalue weighted by Crippen LogP contribution is 2.37. The zero-order chi connectivity index (χ0) is 17.1. The minimum absolute atomic E-state index is 0.497. The second-order valence-electron chi connectivity index (χ2n) is 6.52. The maximum Gasteiger partial charge on any atom is 0.0847 e. The number of benzene rings is 1. The van der Waals surface area contributed by atoms with Crippen molar-refractivity contribution in [2.45, 2.75) is 25.9 Å². The summed E-state index contributed by atoms with van der Waals surface area (Å²) in [5, 5.41) is 12.1.